The van der Waals surface area contributed by atoms with E-state index in [4.69, 9.17) is 5.26 Å². The average Bonchev–Trinajstić information content (AvgIpc) is 2.87. The molecule has 1 N–H and O–H groups in total. The van der Waals surface area contributed by atoms with Gasteiger partial charge in [0.25, 0.3) is 0 Å². The molecule has 2 amide bonds. The van der Waals surface area contributed by atoms with E-state index >= 15 is 0 Å². The van der Waals surface area contributed by atoms with Gasteiger partial charge < -0.3 is 5.32 Å². The van der Waals surface area contributed by atoms with Crippen LogP contribution in [0.5, 0.6) is 0 Å². The quantitative estimate of drug-likeness (QED) is 0.442. The second-order valence-corrected chi connectivity index (χ2v) is 8.54. The van der Waals surface area contributed by atoms with Crippen molar-refractivity contribution in [2.45, 2.75) is 32.0 Å². The zero-order valence-corrected chi connectivity index (χ0v) is 19.6. The van der Waals surface area contributed by atoms with Crippen LogP contribution < -0.4 is 10.2 Å². The zero-order valence-electron chi connectivity index (χ0n) is 19.6. The van der Waals surface area contributed by atoms with E-state index in [1.54, 1.807) is 30.3 Å². The van der Waals surface area contributed by atoms with Crippen molar-refractivity contribution in [1.29, 1.82) is 5.26 Å². The van der Waals surface area contributed by atoms with E-state index in [-0.39, 0.29) is 35.5 Å². The van der Waals surface area contributed by atoms with Crippen molar-refractivity contribution >= 4 is 17.5 Å². The number of halogens is 4. The number of rotatable bonds is 5. The first-order chi connectivity index (χ1) is 17.6. The van der Waals surface area contributed by atoms with Crippen molar-refractivity contribution in [3.63, 3.8) is 0 Å². The molecular formula is C28H21F4N3O2. The number of nitrogens with one attached hydrogen (secondary N) is 1. The van der Waals surface area contributed by atoms with Crippen LogP contribution in [0.15, 0.2) is 84.1 Å². The summed E-state index contributed by atoms with van der Waals surface area (Å²) in [6, 6.07) is 18.7. The van der Waals surface area contributed by atoms with E-state index < -0.39 is 35.3 Å². The van der Waals surface area contributed by atoms with Crippen LogP contribution in [0.1, 0.15) is 41.5 Å². The highest BCUT2D eigenvalue weighted by atomic mass is 19.4. The van der Waals surface area contributed by atoms with E-state index in [1.165, 1.54) is 37.3 Å². The third-order valence-electron chi connectivity index (χ3n) is 6.22. The van der Waals surface area contributed by atoms with Crippen molar-refractivity contribution in [1.82, 2.24) is 5.32 Å². The maximum absolute atomic E-state index is 14.1. The smallest absolute Gasteiger partial charge is 0.348 e. The van der Waals surface area contributed by atoms with Crippen LogP contribution in [-0.2, 0) is 22.3 Å². The number of hydrogen-bond donors (Lipinski definition) is 1. The van der Waals surface area contributed by atoms with Crippen molar-refractivity contribution < 1.29 is 27.2 Å². The summed E-state index contributed by atoms with van der Waals surface area (Å²) in [5, 5.41) is 11.8. The summed E-state index contributed by atoms with van der Waals surface area (Å²) in [6.07, 6.45) is -4.81. The lowest BCUT2D eigenvalue weighted by molar-refractivity contribution is -0.137. The Bertz CT molecular complexity index is 1420. The molecule has 0 saturated heterocycles. The lowest BCUT2D eigenvalue weighted by Gasteiger charge is -2.35. The van der Waals surface area contributed by atoms with Crippen LogP contribution in [0.25, 0.3) is 0 Å². The molecule has 188 valence electrons. The van der Waals surface area contributed by atoms with Crippen LogP contribution in [0.3, 0.4) is 0 Å². The molecule has 3 aromatic carbocycles. The average molecular weight is 507 g/mol. The van der Waals surface area contributed by atoms with Gasteiger partial charge in [-0.1, -0.05) is 36.4 Å². The monoisotopic (exact) mass is 507 g/mol. The highest BCUT2D eigenvalue weighted by molar-refractivity contribution is 6.06. The Balaban J connectivity index is 1.77. The van der Waals surface area contributed by atoms with Gasteiger partial charge in [0.2, 0.25) is 11.8 Å². The van der Waals surface area contributed by atoms with Crippen LogP contribution in [0.4, 0.5) is 23.2 Å². The second-order valence-electron chi connectivity index (χ2n) is 8.54. The van der Waals surface area contributed by atoms with Crippen molar-refractivity contribution in [3.8, 4) is 6.07 Å². The van der Waals surface area contributed by atoms with Gasteiger partial charge in [0.05, 0.1) is 17.2 Å². The predicted molar refractivity (Wildman–Crippen MR) is 128 cm³/mol. The fourth-order valence-corrected chi connectivity index (χ4v) is 4.40. The largest absolute Gasteiger partial charge is 0.416 e. The molecule has 3 aromatic rings. The number of nitrogens with zero attached hydrogens (tertiary/aromatic N) is 2. The Morgan fingerprint density at radius 2 is 1.78 bits per heavy atom. The van der Waals surface area contributed by atoms with Crippen LogP contribution >= 0.6 is 0 Å². The summed E-state index contributed by atoms with van der Waals surface area (Å²) in [7, 11) is 0. The van der Waals surface area contributed by atoms with E-state index in [9.17, 15) is 27.2 Å². The number of allylic oxidation sites excluding steroid dienone is 1. The van der Waals surface area contributed by atoms with Gasteiger partial charge in [0, 0.05) is 41.4 Å². The molecule has 5 nitrogen and oxygen atoms in total. The van der Waals surface area contributed by atoms with Gasteiger partial charge in [0.1, 0.15) is 5.82 Å². The minimum atomic E-state index is -4.61. The number of amides is 2. The molecule has 0 aromatic heterocycles. The summed E-state index contributed by atoms with van der Waals surface area (Å²) < 4.78 is 54.1. The summed E-state index contributed by atoms with van der Waals surface area (Å²) in [5.74, 6) is -2.29. The minimum Gasteiger partial charge on any atom is -0.348 e. The van der Waals surface area contributed by atoms with Crippen molar-refractivity contribution in [2.75, 3.05) is 4.90 Å². The number of alkyl halides is 3. The number of nitriles is 1. The van der Waals surface area contributed by atoms with Gasteiger partial charge in [0.15, 0.2) is 0 Å². The molecule has 1 aliphatic rings. The number of anilines is 1. The number of benzene rings is 3. The Morgan fingerprint density at radius 3 is 2.43 bits per heavy atom. The zero-order chi connectivity index (χ0) is 26.7. The lowest BCUT2D eigenvalue weighted by Crippen LogP contribution is -2.41. The van der Waals surface area contributed by atoms with Crippen LogP contribution in [0, 0.1) is 17.1 Å². The highest BCUT2D eigenvalue weighted by Gasteiger charge is 2.38. The maximum atomic E-state index is 14.1. The third kappa shape index (κ3) is 5.38. The second kappa shape index (κ2) is 10.3. The minimum absolute atomic E-state index is 0.0185. The maximum Gasteiger partial charge on any atom is 0.416 e. The fourth-order valence-electron chi connectivity index (χ4n) is 4.40. The lowest BCUT2D eigenvalue weighted by atomic mass is 9.82. The SMILES string of the molecule is CC1=C(C(=O)NCc2ccccc2F)C(c2ccc(C#N)cc2)CC(=O)N1c1cccc(C(F)(F)F)c1. The molecule has 0 aliphatic carbocycles. The number of carbonyl (C=O) groups excluding carboxylic acids is 2. The molecule has 0 radical (unpaired) electrons. The Labute approximate surface area is 210 Å². The van der Waals surface area contributed by atoms with E-state index in [2.05, 4.69) is 5.32 Å². The molecule has 0 bridgehead atoms. The van der Waals surface area contributed by atoms with E-state index in [0.29, 0.717) is 11.1 Å². The molecule has 1 atom stereocenters. The summed E-state index contributed by atoms with van der Waals surface area (Å²) in [4.78, 5) is 27.8. The molecule has 0 spiro atoms. The Hall–Kier alpha value is -4.45. The van der Waals surface area contributed by atoms with Gasteiger partial charge >= 0.3 is 6.18 Å². The van der Waals surface area contributed by atoms with E-state index in [1.807, 2.05) is 6.07 Å². The first-order valence-electron chi connectivity index (χ1n) is 11.3. The first kappa shape index (κ1) is 25.6. The highest BCUT2D eigenvalue weighted by Crippen LogP contribution is 2.40. The van der Waals surface area contributed by atoms with E-state index in [0.717, 1.165) is 17.0 Å². The van der Waals surface area contributed by atoms with Gasteiger partial charge in [-0.15, -0.1) is 0 Å². The molecule has 1 unspecified atom stereocenters. The molecule has 0 fully saturated rings. The number of carbonyl (C=O) groups is 2. The molecule has 0 saturated carbocycles. The topological polar surface area (TPSA) is 73.2 Å². The first-order valence-corrected chi connectivity index (χ1v) is 11.3. The molecule has 9 heteroatoms. The Kier molecular flexibility index (Phi) is 7.11. The molecule has 4 rings (SSSR count). The predicted octanol–water partition coefficient (Wildman–Crippen LogP) is 5.83. The van der Waals surface area contributed by atoms with Gasteiger partial charge in [-0.2, -0.15) is 18.4 Å². The third-order valence-corrected chi connectivity index (χ3v) is 6.22. The standard InChI is InChI=1S/C28H21F4N3O2/c1-17-26(27(37)34-16-20-5-2-3-8-24(20)29)23(19-11-9-18(15-33)10-12-19)14-25(36)35(17)22-7-4-6-21(13-22)28(30,31)32/h2-13,23H,14,16H2,1H3,(H,34,37). The van der Waals surface area contributed by atoms with Crippen LogP contribution in [0.2, 0.25) is 0 Å². The molecular weight excluding hydrogens is 486 g/mol. The molecule has 1 aliphatic heterocycles. The molecule has 37 heavy (non-hydrogen) atoms. The number of hydrogen-bond acceptors (Lipinski definition) is 3. The Morgan fingerprint density at radius 1 is 1.08 bits per heavy atom. The summed E-state index contributed by atoms with van der Waals surface area (Å²) in [6.45, 7) is 1.37. The summed E-state index contributed by atoms with van der Waals surface area (Å²) >= 11 is 0. The van der Waals surface area contributed by atoms with Crippen LogP contribution in [-0.4, -0.2) is 11.8 Å². The van der Waals surface area contributed by atoms with Gasteiger partial charge in [-0.3, -0.25) is 14.5 Å². The fraction of sp³-hybridized carbons (Fsp3) is 0.179. The normalized spacial score (nSPS) is 15.9. The van der Waals surface area contributed by atoms with Gasteiger partial charge in [-0.25, -0.2) is 4.39 Å². The van der Waals surface area contributed by atoms with Crippen molar-refractivity contribution in [2.24, 2.45) is 0 Å². The summed E-state index contributed by atoms with van der Waals surface area (Å²) in [5.41, 5.74) is 0.620. The van der Waals surface area contributed by atoms with Gasteiger partial charge in [-0.05, 0) is 48.9 Å². The molecule has 1 heterocycles. The van der Waals surface area contributed by atoms with Crippen molar-refractivity contribution in [3.05, 3.63) is 112 Å².